The Morgan fingerprint density at radius 3 is 2.92 bits per heavy atom. The summed E-state index contributed by atoms with van der Waals surface area (Å²) < 4.78 is 7.86. The number of piperidine rings is 1. The number of nitrogens with one attached hydrogen (secondary N) is 1. The van der Waals surface area contributed by atoms with Crippen LogP contribution in [0.15, 0.2) is 12.4 Å². The number of aromatic nitrogens is 2. The van der Waals surface area contributed by atoms with Crippen LogP contribution in [0.1, 0.15) is 44.1 Å². The number of rotatable bonds is 4. The summed E-state index contributed by atoms with van der Waals surface area (Å²) >= 11 is 0. The van der Waals surface area contributed by atoms with Gasteiger partial charge in [-0.05, 0) is 25.7 Å². The summed E-state index contributed by atoms with van der Waals surface area (Å²) in [6.07, 6.45) is 11.0. The largest absolute Gasteiger partial charge is 0.378 e. The topological polar surface area (TPSA) is 59.4 Å². The number of ether oxygens (including phenoxy) is 1. The predicted molar refractivity (Wildman–Crippen MR) is 94.8 cm³/mol. The fraction of sp³-hybridized carbons (Fsp3) is 0.789. The molecule has 3 fully saturated rings. The van der Waals surface area contributed by atoms with Gasteiger partial charge >= 0.3 is 0 Å². The van der Waals surface area contributed by atoms with Gasteiger partial charge in [-0.2, -0.15) is 5.10 Å². The standard InChI is InChI=1S/C19H30N4O2/c1-22-11-14(10-20-22)12-23-8-6-18-17(13-23)16(7-9-25-18)19(24)21-15-4-2-3-5-15/h10-11,15-18H,2-9,12-13H2,1H3,(H,21,24)/t16-,17+,18-/m0/s1. The zero-order valence-electron chi connectivity index (χ0n) is 15.2. The van der Waals surface area contributed by atoms with E-state index in [4.69, 9.17) is 4.74 Å². The van der Waals surface area contributed by atoms with Crippen LogP contribution in [0.5, 0.6) is 0 Å². The smallest absolute Gasteiger partial charge is 0.223 e. The quantitative estimate of drug-likeness (QED) is 0.902. The number of hydrogen-bond acceptors (Lipinski definition) is 4. The molecule has 1 saturated carbocycles. The van der Waals surface area contributed by atoms with Gasteiger partial charge in [-0.25, -0.2) is 0 Å². The first-order valence-corrected chi connectivity index (χ1v) is 9.81. The summed E-state index contributed by atoms with van der Waals surface area (Å²) in [5, 5.41) is 7.59. The molecule has 1 aliphatic carbocycles. The Morgan fingerprint density at radius 1 is 1.32 bits per heavy atom. The van der Waals surface area contributed by atoms with Gasteiger partial charge in [0, 0.05) is 62.9 Å². The molecule has 2 saturated heterocycles. The van der Waals surface area contributed by atoms with Crippen molar-refractivity contribution in [3.8, 4) is 0 Å². The first-order valence-electron chi connectivity index (χ1n) is 9.81. The lowest BCUT2D eigenvalue weighted by atomic mass is 9.78. The zero-order valence-corrected chi connectivity index (χ0v) is 15.2. The normalized spacial score (nSPS) is 31.0. The highest BCUT2D eigenvalue weighted by Gasteiger charge is 2.42. The number of likely N-dealkylation sites (tertiary alicyclic amines) is 1. The molecular weight excluding hydrogens is 316 g/mol. The lowest BCUT2D eigenvalue weighted by Crippen LogP contribution is -2.53. The van der Waals surface area contributed by atoms with Crippen LogP contribution in [-0.2, 0) is 23.1 Å². The molecular formula is C19H30N4O2. The molecule has 1 amide bonds. The van der Waals surface area contributed by atoms with E-state index in [0.29, 0.717) is 12.0 Å². The van der Waals surface area contributed by atoms with Crippen molar-refractivity contribution in [1.29, 1.82) is 0 Å². The summed E-state index contributed by atoms with van der Waals surface area (Å²) in [7, 11) is 1.95. The van der Waals surface area contributed by atoms with Crippen molar-refractivity contribution in [2.24, 2.45) is 18.9 Å². The molecule has 4 rings (SSSR count). The molecule has 3 atom stereocenters. The minimum absolute atomic E-state index is 0.107. The summed E-state index contributed by atoms with van der Waals surface area (Å²) in [6, 6.07) is 0.406. The Bertz CT molecular complexity index is 596. The maximum absolute atomic E-state index is 12.9. The molecule has 138 valence electrons. The Balaban J connectivity index is 1.39. The molecule has 1 aromatic heterocycles. The molecule has 3 heterocycles. The van der Waals surface area contributed by atoms with Crippen LogP contribution in [0.25, 0.3) is 0 Å². The number of nitrogens with zero attached hydrogens (tertiary/aromatic N) is 3. The van der Waals surface area contributed by atoms with Gasteiger partial charge in [-0.3, -0.25) is 14.4 Å². The second-order valence-corrected chi connectivity index (χ2v) is 8.00. The second-order valence-electron chi connectivity index (χ2n) is 8.00. The third kappa shape index (κ3) is 3.90. The van der Waals surface area contributed by atoms with Gasteiger partial charge in [-0.1, -0.05) is 12.8 Å². The molecule has 1 aromatic rings. The molecule has 3 aliphatic rings. The zero-order chi connectivity index (χ0) is 17.2. The van der Waals surface area contributed by atoms with E-state index in [1.807, 2.05) is 17.9 Å². The third-order valence-corrected chi connectivity index (χ3v) is 6.16. The molecule has 0 unspecified atom stereocenters. The Hall–Kier alpha value is -1.40. The SMILES string of the molecule is Cn1cc(CN2CC[C@@H]3OCC[C@H](C(=O)NC4CCCC4)[C@H]3C2)cn1. The van der Waals surface area contributed by atoms with Crippen LogP contribution in [0.3, 0.4) is 0 Å². The number of carbonyl (C=O) groups excluding carboxylic acids is 1. The second kappa shape index (κ2) is 7.46. The molecule has 25 heavy (non-hydrogen) atoms. The highest BCUT2D eigenvalue weighted by molar-refractivity contribution is 5.79. The third-order valence-electron chi connectivity index (χ3n) is 6.16. The molecule has 2 aliphatic heterocycles. The Labute approximate surface area is 149 Å². The van der Waals surface area contributed by atoms with E-state index in [2.05, 4.69) is 21.5 Å². The van der Waals surface area contributed by atoms with Gasteiger partial charge in [0.15, 0.2) is 0 Å². The summed E-state index contributed by atoms with van der Waals surface area (Å²) in [6.45, 7) is 3.62. The minimum Gasteiger partial charge on any atom is -0.378 e. The van der Waals surface area contributed by atoms with Crippen LogP contribution >= 0.6 is 0 Å². The molecule has 0 spiro atoms. The summed E-state index contributed by atoms with van der Waals surface area (Å²) in [4.78, 5) is 15.3. The lowest BCUT2D eigenvalue weighted by molar-refractivity contribution is -0.142. The van der Waals surface area contributed by atoms with Crippen molar-refractivity contribution in [2.45, 2.75) is 57.2 Å². The van der Waals surface area contributed by atoms with Crippen molar-refractivity contribution in [3.05, 3.63) is 18.0 Å². The number of hydrogen-bond donors (Lipinski definition) is 1. The maximum Gasteiger partial charge on any atom is 0.223 e. The molecule has 0 aromatic carbocycles. The van der Waals surface area contributed by atoms with E-state index in [0.717, 1.165) is 51.9 Å². The van der Waals surface area contributed by atoms with Crippen molar-refractivity contribution in [2.75, 3.05) is 19.7 Å². The Morgan fingerprint density at radius 2 is 2.16 bits per heavy atom. The van der Waals surface area contributed by atoms with E-state index in [1.54, 1.807) is 0 Å². The van der Waals surface area contributed by atoms with Gasteiger partial charge in [-0.15, -0.1) is 0 Å². The van der Waals surface area contributed by atoms with E-state index in [9.17, 15) is 4.79 Å². The molecule has 0 radical (unpaired) electrons. The van der Waals surface area contributed by atoms with Crippen molar-refractivity contribution < 1.29 is 9.53 Å². The van der Waals surface area contributed by atoms with Crippen molar-refractivity contribution in [3.63, 3.8) is 0 Å². The molecule has 0 bridgehead atoms. The van der Waals surface area contributed by atoms with Crippen LogP contribution in [0.2, 0.25) is 0 Å². The van der Waals surface area contributed by atoms with Crippen LogP contribution < -0.4 is 5.32 Å². The highest BCUT2D eigenvalue weighted by Crippen LogP contribution is 2.34. The van der Waals surface area contributed by atoms with Crippen LogP contribution in [0, 0.1) is 11.8 Å². The van der Waals surface area contributed by atoms with Crippen molar-refractivity contribution >= 4 is 5.91 Å². The average Bonchev–Trinajstić information content (AvgIpc) is 3.26. The number of amides is 1. The fourth-order valence-corrected chi connectivity index (χ4v) is 4.84. The number of carbonyl (C=O) groups is 1. The van der Waals surface area contributed by atoms with Gasteiger partial charge in [0.05, 0.1) is 12.3 Å². The Kier molecular flexibility index (Phi) is 5.08. The highest BCUT2D eigenvalue weighted by atomic mass is 16.5. The first kappa shape index (κ1) is 17.0. The van der Waals surface area contributed by atoms with E-state index < -0.39 is 0 Å². The van der Waals surface area contributed by atoms with Gasteiger partial charge in [0.25, 0.3) is 0 Å². The predicted octanol–water partition coefficient (Wildman–Crippen LogP) is 1.71. The monoisotopic (exact) mass is 346 g/mol. The maximum atomic E-state index is 12.9. The van der Waals surface area contributed by atoms with Crippen LogP contribution in [0.4, 0.5) is 0 Å². The van der Waals surface area contributed by atoms with E-state index in [-0.39, 0.29) is 17.9 Å². The lowest BCUT2D eigenvalue weighted by Gasteiger charge is -2.44. The van der Waals surface area contributed by atoms with Gasteiger partial charge < -0.3 is 10.1 Å². The summed E-state index contributed by atoms with van der Waals surface area (Å²) in [5.41, 5.74) is 1.24. The molecule has 6 nitrogen and oxygen atoms in total. The van der Waals surface area contributed by atoms with Crippen molar-refractivity contribution in [1.82, 2.24) is 20.0 Å². The van der Waals surface area contributed by atoms with Gasteiger partial charge in [0.1, 0.15) is 0 Å². The average molecular weight is 346 g/mol. The van der Waals surface area contributed by atoms with Gasteiger partial charge in [0.2, 0.25) is 5.91 Å². The fourth-order valence-electron chi connectivity index (χ4n) is 4.84. The molecule has 6 heteroatoms. The van der Waals surface area contributed by atoms with E-state index in [1.165, 1.54) is 18.4 Å². The van der Waals surface area contributed by atoms with Crippen LogP contribution in [-0.4, -0.2) is 52.4 Å². The number of fused-ring (bicyclic) bond motifs is 1. The van der Waals surface area contributed by atoms with E-state index >= 15 is 0 Å². The summed E-state index contributed by atoms with van der Waals surface area (Å²) in [5.74, 6) is 0.699. The molecule has 1 N–H and O–H groups in total. The first-order chi connectivity index (χ1) is 12.2. The minimum atomic E-state index is 0.107. The number of aryl methyl sites for hydroxylation is 1.